The maximum atomic E-state index is 13.1. The highest BCUT2D eigenvalue weighted by molar-refractivity contribution is 7.74. The highest BCUT2D eigenvalue weighted by Gasteiger charge is 2.29. The molecule has 320 valence electrons. The molecule has 0 spiro atoms. The van der Waals surface area contributed by atoms with Gasteiger partial charge in [-0.2, -0.15) is 0 Å². The van der Waals surface area contributed by atoms with Crippen molar-refractivity contribution in [2.24, 2.45) is 0 Å². The second kappa shape index (κ2) is 21.2. The summed E-state index contributed by atoms with van der Waals surface area (Å²) in [6.07, 6.45) is 4.68. The number of hydrogen-bond acceptors (Lipinski definition) is 10. The number of hydrogen-bond donors (Lipinski definition) is 4. The molecule has 0 atom stereocenters. The van der Waals surface area contributed by atoms with E-state index in [1.807, 2.05) is 75.9 Å². The van der Waals surface area contributed by atoms with Gasteiger partial charge < -0.3 is 35.1 Å². The summed E-state index contributed by atoms with van der Waals surface area (Å²) in [7, 11) is 1.31. The number of aromatic amines is 2. The highest BCUT2D eigenvalue weighted by atomic mass is 32.2. The molecular weight excluding hydrogens is 829 g/mol. The molecule has 6 rings (SSSR count). The molecule has 2 aliphatic rings. The van der Waals surface area contributed by atoms with Crippen LogP contribution >= 0.6 is 47.1 Å². The number of anilines is 2. The van der Waals surface area contributed by atoms with Gasteiger partial charge in [-0.05, 0) is 121 Å². The lowest BCUT2D eigenvalue weighted by molar-refractivity contribution is -0.143. The molecule has 0 radical (unpaired) electrons. The van der Waals surface area contributed by atoms with Crippen LogP contribution in [0.15, 0.2) is 36.4 Å². The predicted octanol–water partition coefficient (Wildman–Crippen LogP) is 8.50. The second-order valence-electron chi connectivity index (χ2n) is 15.4. The molecule has 4 N–H and O–H groups in total. The molecule has 6 amide bonds. The van der Waals surface area contributed by atoms with E-state index >= 15 is 0 Å². The van der Waals surface area contributed by atoms with E-state index in [2.05, 4.69) is 25.3 Å². The number of nitrogens with one attached hydrogen (secondary N) is 4. The van der Waals surface area contributed by atoms with Crippen LogP contribution in [0.5, 0.6) is 0 Å². The van der Waals surface area contributed by atoms with E-state index in [0.717, 1.165) is 55.0 Å². The Hall–Kier alpha value is -4.39. The van der Waals surface area contributed by atoms with Gasteiger partial charge in [-0.1, -0.05) is 6.92 Å². The molecule has 0 bridgehead atoms. The SMILES string of the molecule is CCCC(=O)N1CCC(NC(=O)N(c2ccc3[nH]c(=S)sc3c2)C(C)C)CC1.COC(=O)CCC(=O)N1CCC(NC(=O)N(c2ccc3[nH]c(=S)sc3c2)C(C)C)CC1. The number of carbonyl (C=O) groups is 5. The smallest absolute Gasteiger partial charge is 0.322 e. The number of benzene rings is 2. The first-order chi connectivity index (χ1) is 28.2. The number of piperidine rings is 2. The Balaban J connectivity index is 0.000000225. The lowest BCUT2D eigenvalue weighted by atomic mass is 10.0. The molecule has 4 heterocycles. The van der Waals surface area contributed by atoms with Gasteiger partial charge in [-0.15, -0.1) is 22.7 Å². The number of aromatic nitrogens is 2. The van der Waals surface area contributed by atoms with E-state index < -0.39 is 0 Å². The minimum Gasteiger partial charge on any atom is -0.469 e. The topological polar surface area (TPSA) is 163 Å². The molecular formula is C41H56N8O6S4. The molecule has 2 aliphatic heterocycles. The summed E-state index contributed by atoms with van der Waals surface area (Å²) < 4.78 is 8.08. The summed E-state index contributed by atoms with van der Waals surface area (Å²) in [5.74, 6) is -0.216. The van der Waals surface area contributed by atoms with Crippen molar-refractivity contribution < 1.29 is 28.7 Å². The average molecular weight is 885 g/mol. The number of thiazole rings is 2. The molecule has 4 aromatic rings. The predicted molar refractivity (Wildman–Crippen MR) is 242 cm³/mol. The summed E-state index contributed by atoms with van der Waals surface area (Å²) in [6.45, 7) is 12.5. The first-order valence-electron chi connectivity index (χ1n) is 20.2. The van der Waals surface area contributed by atoms with Crippen molar-refractivity contribution in [1.82, 2.24) is 30.4 Å². The van der Waals surface area contributed by atoms with Crippen molar-refractivity contribution >= 4 is 109 Å². The van der Waals surface area contributed by atoms with Crippen LogP contribution < -0.4 is 20.4 Å². The van der Waals surface area contributed by atoms with Gasteiger partial charge >= 0.3 is 18.0 Å². The van der Waals surface area contributed by atoms with Crippen LogP contribution in [-0.2, 0) is 19.1 Å². The van der Waals surface area contributed by atoms with Crippen molar-refractivity contribution in [3.8, 4) is 0 Å². The number of nitrogens with zero attached hydrogens (tertiary/aromatic N) is 4. The molecule has 2 fully saturated rings. The molecule has 0 unspecified atom stereocenters. The van der Waals surface area contributed by atoms with Gasteiger partial charge in [0.2, 0.25) is 11.8 Å². The number of methoxy groups -OCH3 is 1. The van der Waals surface area contributed by atoms with Crippen molar-refractivity contribution in [2.75, 3.05) is 43.1 Å². The van der Waals surface area contributed by atoms with Crippen LogP contribution in [0.4, 0.5) is 21.0 Å². The first-order valence-corrected chi connectivity index (χ1v) is 22.7. The first kappa shape index (κ1) is 45.7. The number of ether oxygens (including phenoxy) is 1. The number of fused-ring (bicyclic) bond motifs is 2. The zero-order chi connectivity index (χ0) is 42.8. The zero-order valence-electron chi connectivity index (χ0n) is 34.6. The minimum absolute atomic E-state index is 0.00328. The van der Waals surface area contributed by atoms with Crippen LogP contribution in [0.25, 0.3) is 20.4 Å². The van der Waals surface area contributed by atoms with Crippen LogP contribution in [0.1, 0.15) is 86.0 Å². The largest absolute Gasteiger partial charge is 0.469 e. The van der Waals surface area contributed by atoms with Crippen molar-refractivity contribution in [3.63, 3.8) is 0 Å². The van der Waals surface area contributed by atoms with Crippen LogP contribution in [0.2, 0.25) is 0 Å². The maximum Gasteiger partial charge on any atom is 0.322 e. The van der Waals surface area contributed by atoms with E-state index in [4.69, 9.17) is 24.4 Å². The fraction of sp³-hybridized carbons (Fsp3) is 0.537. The van der Waals surface area contributed by atoms with Crippen LogP contribution in [0.3, 0.4) is 0 Å². The third-order valence-electron chi connectivity index (χ3n) is 10.4. The van der Waals surface area contributed by atoms with Crippen LogP contribution in [-0.4, -0.2) is 107 Å². The van der Waals surface area contributed by atoms with E-state index in [-0.39, 0.29) is 66.9 Å². The van der Waals surface area contributed by atoms with Gasteiger partial charge in [0.1, 0.15) is 0 Å². The number of H-pyrrole nitrogens is 2. The van der Waals surface area contributed by atoms with Gasteiger partial charge in [-0.3, -0.25) is 24.2 Å². The quantitative estimate of drug-likeness (QED) is 0.0861. The van der Waals surface area contributed by atoms with Gasteiger partial charge in [0.15, 0.2) is 7.91 Å². The second-order valence-corrected chi connectivity index (χ2v) is 18.8. The summed E-state index contributed by atoms with van der Waals surface area (Å²) in [4.78, 5) is 75.1. The molecule has 2 aromatic heterocycles. The standard InChI is InChI=1S/C21H28N4O4S2.C20H28N4O2S2/c1-13(2)25(15-4-5-16-17(12-15)31-21(30)23-16)20(28)22-14-8-10-24(11-9-14)18(26)6-7-19(27)29-3;1-4-5-18(25)23-10-8-14(9-11-23)21-19(26)24(13(2)3)15-6-7-16-17(12-15)28-20(27)22-16/h4-5,12-14H,6-11H2,1-3H3,(H,22,28)(H,23,30);6-7,12-14H,4-5,8-11H2,1-3H3,(H,21,26)(H,22,27). The Morgan fingerprint density at radius 1 is 0.712 bits per heavy atom. The van der Waals surface area contributed by atoms with E-state index in [9.17, 15) is 24.0 Å². The molecule has 0 saturated carbocycles. The number of esters is 1. The van der Waals surface area contributed by atoms with Crippen molar-refractivity contribution in [1.29, 1.82) is 0 Å². The summed E-state index contributed by atoms with van der Waals surface area (Å²) >= 11 is 13.4. The summed E-state index contributed by atoms with van der Waals surface area (Å²) in [5, 5.41) is 6.29. The van der Waals surface area contributed by atoms with Gasteiger partial charge in [0, 0.05) is 74.6 Å². The van der Waals surface area contributed by atoms with E-state index in [1.54, 1.807) is 14.7 Å². The number of likely N-dealkylation sites (tertiary alicyclic amines) is 2. The number of urea groups is 2. The fourth-order valence-corrected chi connectivity index (χ4v) is 9.64. The molecule has 18 heteroatoms. The Bertz CT molecular complexity index is 2220. The Morgan fingerprint density at radius 2 is 1.12 bits per heavy atom. The zero-order valence-corrected chi connectivity index (χ0v) is 37.9. The number of rotatable bonds is 11. The molecule has 59 heavy (non-hydrogen) atoms. The van der Waals surface area contributed by atoms with E-state index in [1.165, 1.54) is 29.8 Å². The molecule has 14 nitrogen and oxygen atoms in total. The summed E-state index contributed by atoms with van der Waals surface area (Å²) in [5.41, 5.74) is 3.64. The fourth-order valence-electron chi connectivity index (χ4n) is 7.34. The monoisotopic (exact) mass is 884 g/mol. The molecule has 0 aliphatic carbocycles. The average Bonchev–Trinajstić information content (AvgIpc) is 3.77. The maximum absolute atomic E-state index is 13.1. The van der Waals surface area contributed by atoms with Crippen molar-refractivity contribution in [3.05, 3.63) is 44.3 Å². The lowest BCUT2D eigenvalue weighted by Gasteiger charge is -2.35. The molecule has 2 aromatic carbocycles. The molecule has 2 saturated heterocycles. The van der Waals surface area contributed by atoms with Crippen LogP contribution in [0, 0.1) is 7.91 Å². The van der Waals surface area contributed by atoms with Crippen molar-refractivity contribution in [2.45, 2.75) is 110 Å². The Morgan fingerprint density at radius 3 is 1.49 bits per heavy atom. The van der Waals surface area contributed by atoms with Gasteiger partial charge in [0.25, 0.3) is 0 Å². The van der Waals surface area contributed by atoms with Gasteiger partial charge in [-0.25, -0.2) is 9.59 Å². The van der Waals surface area contributed by atoms with Gasteiger partial charge in [0.05, 0.1) is 34.0 Å². The lowest BCUT2D eigenvalue weighted by Crippen LogP contribution is -2.52. The van der Waals surface area contributed by atoms with E-state index in [0.29, 0.717) is 49.4 Å². The number of amides is 6. The minimum atomic E-state index is -0.383. The highest BCUT2D eigenvalue weighted by Crippen LogP contribution is 2.29. The normalized spacial score (nSPS) is 14.9. The Labute approximate surface area is 363 Å². The Kier molecular flexibility index (Phi) is 16.4. The summed E-state index contributed by atoms with van der Waals surface area (Å²) in [6, 6.07) is 11.6. The number of carbonyl (C=O) groups excluding carboxylic acids is 5. The third-order valence-corrected chi connectivity index (χ3v) is 12.8. The third kappa shape index (κ3) is 12.3.